The summed E-state index contributed by atoms with van der Waals surface area (Å²) in [6.07, 6.45) is 0.264. The van der Waals surface area contributed by atoms with Crippen molar-refractivity contribution in [3.8, 4) is 0 Å². The summed E-state index contributed by atoms with van der Waals surface area (Å²) in [6.45, 7) is 5.51. The molecule has 0 saturated carbocycles. The first-order chi connectivity index (χ1) is 6.78. The van der Waals surface area contributed by atoms with E-state index in [0.717, 1.165) is 0 Å². The predicted molar refractivity (Wildman–Crippen MR) is 56.6 cm³/mol. The quantitative estimate of drug-likeness (QED) is 0.578. The molecular formula is C8H18N2O4S. The molecule has 0 rings (SSSR count). The topological polar surface area (TPSA) is 95.5 Å². The second kappa shape index (κ2) is 6.04. The molecule has 6 nitrogen and oxygen atoms in total. The number of carbonyl (C=O) groups is 1. The Morgan fingerprint density at radius 2 is 1.93 bits per heavy atom. The Hall–Kier alpha value is -0.660. The molecule has 0 aromatic heterocycles. The number of rotatable bonds is 7. The van der Waals surface area contributed by atoms with Gasteiger partial charge in [0, 0.05) is 6.54 Å². The molecule has 90 valence electrons. The van der Waals surface area contributed by atoms with Crippen LogP contribution in [0.2, 0.25) is 0 Å². The Balaban J connectivity index is 4.48. The fourth-order valence-corrected chi connectivity index (χ4v) is 2.12. The molecule has 0 aliphatic carbocycles. The van der Waals surface area contributed by atoms with Crippen molar-refractivity contribution >= 4 is 16.2 Å². The lowest BCUT2D eigenvalue weighted by atomic mass is 10.1. The normalized spacial score (nSPS) is 14.1. The Kier molecular flexibility index (Phi) is 5.77. The van der Waals surface area contributed by atoms with E-state index in [-0.39, 0.29) is 18.9 Å². The van der Waals surface area contributed by atoms with Crippen molar-refractivity contribution in [1.82, 2.24) is 9.44 Å². The molecule has 0 aromatic rings. The smallest absolute Gasteiger partial charge is 0.321 e. The van der Waals surface area contributed by atoms with Gasteiger partial charge in [-0.05, 0) is 12.3 Å². The van der Waals surface area contributed by atoms with E-state index in [4.69, 9.17) is 5.11 Å². The van der Waals surface area contributed by atoms with Crippen LogP contribution in [-0.2, 0) is 15.0 Å². The van der Waals surface area contributed by atoms with E-state index in [2.05, 4.69) is 9.44 Å². The molecule has 0 radical (unpaired) electrons. The largest absolute Gasteiger partial charge is 0.480 e. The molecule has 0 amide bonds. The summed E-state index contributed by atoms with van der Waals surface area (Å²) in [5, 5.41) is 8.80. The van der Waals surface area contributed by atoms with Crippen LogP contribution in [0.25, 0.3) is 0 Å². The molecule has 0 aliphatic rings. The van der Waals surface area contributed by atoms with Crippen LogP contribution in [-0.4, -0.2) is 32.1 Å². The lowest BCUT2D eigenvalue weighted by Crippen LogP contribution is -2.46. The minimum Gasteiger partial charge on any atom is -0.480 e. The van der Waals surface area contributed by atoms with Gasteiger partial charge in [-0.1, -0.05) is 20.8 Å². The summed E-state index contributed by atoms with van der Waals surface area (Å²) in [4.78, 5) is 10.8. The number of hydrogen-bond acceptors (Lipinski definition) is 3. The summed E-state index contributed by atoms with van der Waals surface area (Å²) in [5.74, 6) is -1.05. The van der Waals surface area contributed by atoms with Crippen LogP contribution in [0.1, 0.15) is 27.2 Å². The van der Waals surface area contributed by atoms with Gasteiger partial charge in [0.25, 0.3) is 10.2 Å². The highest BCUT2D eigenvalue weighted by Gasteiger charge is 2.23. The molecule has 7 heteroatoms. The maximum Gasteiger partial charge on any atom is 0.321 e. The first-order valence-electron chi connectivity index (χ1n) is 4.78. The van der Waals surface area contributed by atoms with E-state index in [1.807, 2.05) is 13.8 Å². The van der Waals surface area contributed by atoms with Gasteiger partial charge in [-0.15, -0.1) is 0 Å². The third-order valence-corrected chi connectivity index (χ3v) is 2.90. The van der Waals surface area contributed by atoms with Crippen molar-refractivity contribution in [2.24, 2.45) is 5.92 Å². The fraction of sp³-hybridized carbons (Fsp3) is 0.875. The van der Waals surface area contributed by atoms with Crippen molar-refractivity contribution in [2.75, 3.05) is 6.54 Å². The molecule has 0 unspecified atom stereocenters. The van der Waals surface area contributed by atoms with E-state index < -0.39 is 22.2 Å². The Morgan fingerprint density at radius 1 is 1.40 bits per heavy atom. The number of aliphatic carboxylic acids is 1. The van der Waals surface area contributed by atoms with Crippen LogP contribution in [0, 0.1) is 5.92 Å². The average Bonchev–Trinajstić information content (AvgIpc) is 2.00. The van der Waals surface area contributed by atoms with Crippen LogP contribution >= 0.6 is 0 Å². The van der Waals surface area contributed by atoms with E-state index in [0.29, 0.717) is 0 Å². The van der Waals surface area contributed by atoms with Gasteiger partial charge in [0.2, 0.25) is 0 Å². The Morgan fingerprint density at radius 3 is 2.27 bits per heavy atom. The van der Waals surface area contributed by atoms with Crippen LogP contribution in [0.3, 0.4) is 0 Å². The van der Waals surface area contributed by atoms with E-state index in [1.165, 1.54) is 0 Å². The SMILES string of the molecule is CCNS(=O)(=O)N[C@H](CC(C)C)C(=O)O. The van der Waals surface area contributed by atoms with Gasteiger partial charge >= 0.3 is 5.97 Å². The molecule has 0 aromatic carbocycles. The van der Waals surface area contributed by atoms with Crippen LogP contribution in [0.15, 0.2) is 0 Å². The summed E-state index contributed by atoms with van der Waals surface area (Å²) < 4.78 is 26.7. The third kappa shape index (κ3) is 6.43. The van der Waals surface area contributed by atoms with E-state index in [9.17, 15) is 13.2 Å². The molecule has 15 heavy (non-hydrogen) atoms. The van der Waals surface area contributed by atoms with Gasteiger partial charge in [-0.25, -0.2) is 4.72 Å². The van der Waals surface area contributed by atoms with E-state index in [1.54, 1.807) is 6.92 Å². The van der Waals surface area contributed by atoms with Crippen molar-refractivity contribution in [3.05, 3.63) is 0 Å². The van der Waals surface area contributed by atoms with Crippen molar-refractivity contribution < 1.29 is 18.3 Å². The molecule has 0 aliphatic heterocycles. The summed E-state index contributed by atoms with van der Waals surface area (Å²) in [5.41, 5.74) is 0. The standard InChI is InChI=1S/C8H18N2O4S/c1-4-9-15(13,14)10-7(8(11)12)5-6(2)3/h6-7,9-10H,4-5H2,1-3H3,(H,11,12)/t7-/m1/s1. The third-order valence-electron chi connectivity index (χ3n) is 1.64. The zero-order chi connectivity index (χ0) is 12.1. The van der Waals surface area contributed by atoms with Gasteiger partial charge in [0.05, 0.1) is 0 Å². The van der Waals surface area contributed by atoms with Gasteiger partial charge in [-0.3, -0.25) is 4.79 Å². The van der Waals surface area contributed by atoms with E-state index >= 15 is 0 Å². The highest BCUT2D eigenvalue weighted by molar-refractivity contribution is 7.87. The molecule has 0 heterocycles. The maximum absolute atomic E-state index is 11.2. The lowest BCUT2D eigenvalue weighted by Gasteiger charge is -2.16. The minimum absolute atomic E-state index is 0.107. The molecular weight excluding hydrogens is 220 g/mol. The van der Waals surface area contributed by atoms with Crippen molar-refractivity contribution in [1.29, 1.82) is 0 Å². The lowest BCUT2D eigenvalue weighted by molar-refractivity contribution is -0.139. The monoisotopic (exact) mass is 238 g/mol. The maximum atomic E-state index is 11.2. The zero-order valence-electron chi connectivity index (χ0n) is 9.15. The Bertz CT molecular complexity index is 300. The first-order valence-corrected chi connectivity index (χ1v) is 6.26. The van der Waals surface area contributed by atoms with Gasteiger partial charge in [0.15, 0.2) is 0 Å². The second-order valence-electron chi connectivity index (χ2n) is 3.64. The van der Waals surface area contributed by atoms with Crippen molar-refractivity contribution in [3.63, 3.8) is 0 Å². The second-order valence-corrected chi connectivity index (χ2v) is 5.17. The average molecular weight is 238 g/mol. The summed E-state index contributed by atoms with van der Waals surface area (Å²) >= 11 is 0. The first kappa shape index (κ1) is 14.3. The highest BCUT2D eigenvalue weighted by Crippen LogP contribution is 2.05. The van der Waals surface area contributed by atoms with Crippen LogP contribution in [0.5, 0.6) is 0 Å². The summed E-state index contributed by atoms with van der Waals surface area (Å²) in [6, 6.07) is -1.07. The summed E-state index contributed by atoms with van der Waals surface area (Å²) in [7, 11) is -3.70. The minimum atomic E-state index is -3.70. The number of carboxylic acid groups (broad SMARTS) is 1. The van der Waals surface area contributed by atoms with Crippen LogP contribution < -0.4 is 9.44 Å². The number of hydrogen-bond donors (Lipinski definition) is 3. The molecule has 0 bridgehead atoms. The molecule has 0 fully saturated rings. The van der Waals surface area contributed by atoms with Gasteiger partial charge < -0.3 is 5.11 Å². The molecule has 0 spiro atoms. The van der Waals surface area contributed by atoms with Crippen molar-refractivity contribution in [2.45, 2.75) is 33.2 Å². The van der Waals surface area contributed by atoms with Gasteiger partial charge in [-0.2, -0.15) is 13.1 Å². The predicted octanol–water partition coefficient (Wildman–Crippen LogP) is -0.0704. The molecule has 1 atom stereocenters. The van der Waals surface area contributed by atoms with Gasteiger partial charge in [0.1, 0.15) is 6.04 Å². The number of carboxylic acids is 1. The zero-order valence-corrected chi connectivity index (χ0v) is 9.97. The molecule has 3 N–H and O–H groups in total. The fourth-order valence-electron chi connectivity index (χ4n) is 1.09. The Labute approximate surface area is 90.2 Å². The molecule has 0 saturated heterocycles. The highest BCUT2D eigenvalue weighted by atomic mass is 32.2. The van der Waals surface area contributed by atoms with Crippen LogP contribution in [0.4, 0.5) is 0 Å². The number of nitrogens with one attached hydrogen (secondary N) is 2.